The van der Waals surface area contributed by atoms with Gasteiger partial charge >= 0.3 is 5.97 Å². The van der Waals surface area contributed by atoms with Crippen LogP contribution in [-0.2, 0) is 14.3 Å². The summed E-state index contributed by atoms with van der Waals surface area (Å²) in [5.74, 6) is -3.37. The standard InChI is InChI=1S/C12H10ClF2NO3/c1-2-19-12(18)4-3-11(17)16-10-5-7(13)8(14)6-9(10)15/h3-6H,2H2,1H3,(H,16,17)/b4-3-. The molecule has 1 N–H and O–H groups in total. The summed E-state index contributed by atoms with van der Waals surface area (Å²) in [6.45, 7) is 1.79. The third-order valence-corrected chi connectivity index (χ3v) is 2.21. The summed E-state index contributed by atoms with van der Waals surface area (Å²) in [4.78, 5) is 22.3. The third kappa shape index (κ3) is 4.67. The van der Waals surface area contributed by atoms with Gasteiger partial charge in [-0.25, -0.2) is 13.6 Å². The summed E-state index contributed by atoms with van der Waals surface area (Å²) < 4.78 is 30.7. The van der Waals surface area contributed by atoms with Crippen molar-refractivity contribution in [2.45, 2.75) is 6.92 Å². The maximum atomic E-state index is 13.3. The Bertz CT molecular complexity index is 532. The Morgan fingerprint density at radius 3 is 2.63 bits per heavy atom. The first kappa shape index (κ1) is 15.1. The topological polar surface area (TPSA) is 55.4 Å². The average molecular weight is 290 g/mol. The van der Waals surface area contributed by atoms with E-state index in [0.717, 1.165) is 18.2 Å². The van der Waals surface area contributed by atoms with Crippen molar-refractivity contribution in [1.82, 2.24) is 0 Å². The molecule has 0 bridgehead atoms. The van der Waals surface area contributed by atoms with E-state index >= 15 is 0 Å². The minimum absolute atomic E-state index is 0.174. The SMILES string of the molecule is CCOC(=O)/C=C\C(=O)Nc1cc(Cl)c(F)cc1F. The van der Waals surface area contributed by atoms with E-state index in [2.05, 4.69) is 10.1 Å². The first-order valence-electron chi connectivity index (χ1n) is 5.24. The number of anilines is 1. The van der Waals surface area contributed by atoms with Crippen molar-refractivity contribution in [1.29, 1.82) is 0 Å². The summed E-state index contributed by atoms with van der Waals surface area (Å²) in [5.41, 5.74) is -0.287. The van der Waals surface area contributed by atoms with Gasteiger partial charge in [-0.2, -0.15) is 0 Å². The number of ether oxygens (including phenoxy) is 1. The van der Waals surface area contributed by atoms with Crippen LogP contribution in [0.4, 0.5) is 14.5 Å². The van der Waals surface area contributed by atoms with Crippen molar-refractivity contribution >= 4 is 29.2 Å². The molecule has 0 aromatic heterocycles. The molecule has 1 aromatic carbocycles. The maximum Gasteiger partial charge on any atom is 0.330 e. The minimum Gasteiger partial charge on any atom is -0.463 e. The van der Waals surface area contributed by atoms with E-state index in [1.54, 1.807) is 6.92 Å². The van der Waals surface area contributed by atoms with E-state index in [9.17, 15) is 18.4 Å². The second kappa shape index (κ2) is 6.84. The zero-order chi connectivity index (χ0) is 14.4. The number of halogens is 3. The number of rotatable bonds is 4. The molecular formula is C12H10ClF2NO3. The van der Waals surface area contributed by atoms with E-state index in [1.807, 2.05) is 0 Å². The molecule has 1 rings (SSSR count). The molecule has 0 aliphatic heterocycles. The van der Waals surface area contributed by atoms with Gasteiger partial charge in [-0.15, -0.1) is 0 Å². The molecular weight excluding hydrogens is 280 g/mol. The summed E-state index contributed by atoms with van der Waals surface area (Å²) in [7, 11) is 0. The van der Waals surface area contributed by atoms with Crippen LogP contribution in [-0.4, -0.2) is 18.5 Å². The Balaban J connectivity index is 2.72. The Morgan fingerprint density at radius 1 is 1.32 bits per heavy atom. The van der Waals surface area contributed by atoms with E-state index in [-0.39, 0.29) is 17.3 Å². The Labute approximate surface area is 113 Å². The highest BCUT2D eigenvalue weighted by Crippen LogP contribution is 2.23. The highest BCUT2D eigenvalue weighted by atomic mass is 35.5. The molecule has 0 heterocycles. The fourth-order valence-corrected chi connectivity index (χ4v) is 1.29. The Morgan fingerprint density at radius 2 is 2.00 bits per heavy atom. The maximum absolute atomic E-state index is 13.3. The van der Waals surface area contributed by atoms with Crippen molar-refractivity contribution in [3.05, 3.63) is 40.9 Å². The fourth-order valence-electron chi connectivity index (χ4n) is 1.13. The number of nitrogens with one attached hydrogen (secondary N) is 1. The zero-order valence-corrected chi connectivity index (χ0v) is 10.6. The molecule has 0 fully saturated rings. The average Bonchev–Trinajstić information content (AvgIpc) is 2.34. The van der Waals surface area contributed by atoms with Gasteiger partial charge in [0.1, 0.15) is 11.6 Å². The van der Waals surface area contributed by atoms with Crippen LogP contribution in [0.3, 0.4) is 0 Å². The monoisotopic (exact) mass is 289 g/mol. The van der Waals surface area contributed by atoms with Gasteiger partial charge in [0, 0.05) is 18.2 Å². The number of esters is 1. The molecule has 102 valence electrons. The highest BCUT2D eigenvalue weighted by Gasteiger charge is 2.10. The number of carbonyl (C=O) groups excluding carboxylic acids is 2. The molecule has 4 nitrogen and oxygen atoms in total. The molecule has 0 radical (unpaired) electrons. The lowest BCUT2D eigenvalue weighted by molar-refractivity contribution is -0.137. The van der Waals surface area contributed by atoms with Crippen molar-refractivity contribution in [2.75, 3.05) is 11.9 Å². The van der Waals surface area contributed by atoms with Gasteiger partial charge in [-0.1, -0.05) is 11.6 Å². The third-order valence-electron chi connectivity index (χ3n) is 1.93. The first-order valence-corrected chi connectivity index (χ1v) is 5.62. The predicted molar refractivity (Wildman–Crippen MR) is 65.8 cm³/mol. The first-order chi connectivity index (χ1) is 8.93. The van der Waals surface area contributed by atoms with Crippen LogP contribution in [0.2, 0.25) is 5.02 Å². The number of hydrogen-bond acceptors (Lipinski definition) is 3. The molecule has 0 spiro atoms. The van der Waals surface area contributed by atoms with Crippen molar-refractivity contribution < 1.29 is 23.1 Å². The van der Waals surface area contributed by atoms with Crippen molar-refractivity contribution in [2.24, 2.45) is 0 Å². The van der Waals surface area contributed by atoms with Gasteiger partial charge in [0.05, 0.1) is 17.3 Å². The lowest BCUT2D eigenvalue weighted by atomic mass is 10.3. The van der Waals surface area contributed by atoms with Gasteiger partial charge in [0.25, 0.3) is 0 Å². The van der Waals surface area contributed by atoms with Crippen LogP contribution in [0, 0.1) is 11.6 Å². The summed E-state index contributed by atoms with van der Waals surface area (Å²) in [6.07, 6.45) is 1.76. The highest BCUT2D eigenvalue weighted by molar-refractivity contribution is 6.31. The van der Waals surface area contributed by atoms with Crippen LogP contribution in [0.15, 0.2) is 24.3 Å². The van der Waals surface area contributed by atoms with E-state index < -0.39 is 23.5 Å². The summed E-state index contributed by atoms with van der Waals surface area (Å²) >= 11 is 5.45. The second-order valence-corrected chi connectivity index (χ2v) is 3.73. The normalized spacial score (nSPS) is 10.5. The van der Waals surface area contributed by atoms with Gasteiger partial charge in [0.2, 0.25) is 5.91 Å². The summed E-state index contributed by atoms with van der Waals surface area (Å²) in [5, 5.41) is 1.79. The van der Waals surface area contributed by atoms with Crippen LogP contribution in [0.1, 0.15) is 6.92 Å². The van der Waals surface area contributed by atoms with Crippen LogP contribution in [0.25, 0.3) is 0 Å². The molecule has 0 aliphatic rings. The smallest absolute Gasteiger partial charge is 0.330 e. The molecule has 7 heteroatoms. The summed E-state index contributed by atoms with van der Waals surface area (Å²) in [6, 6.07) is 1.48. The van der Waals surface area contributed by atoms with E-state index in [0.29, 0.717) is 6.07 Å². The molecule has 1 aromatic rings. The number of amides is 1. The van der Waals surface area contributed by atoms with Gasteiger partial charge in [0.15, 0.2) is 0 Å². The van der Waals surface area contributed by atoms with Gasteiger partial charge in [-0.05, 0) is 13.0 Å². The molecule has 0 unspecified atom stereocenters. The molecule has 1 amide bonds. The molecule has 19 heavy (non-hydrogen) atoms. The lowest BCUT2D eigenvalue weighted by Crippen LogP contribution is -2.11. The largest absolute Gasteiger partial charge is 0.463 e. The number of benzene rings is 1. The van der Waals surface area contributed by atoms with E-state index in [1.165, 1.54) is 0 Å². The predicted octanol–water partition coefficient (Wildman–Crippen LogP) is 2.68. The van der Waals surface area contributed by atoms with Crippen molar-refractivity contribution in [3.63, 3.8) is 0 Å². The van der Waals surface area contributed by atoms with Gasteiger partial charge in [-0.3, -0.25) is 4.79 Å². The van der Waals surface area contributed by atoms with Crippen LogP contribution in [0.5, 0.6) is 0 Å². The van der Waals surface area contributed by atoms with Crippen molar-refractivity contribution in [3.8, 4) is 0 Å². The van der Waals surface area contributed by atoms with Gasteiger partial charge < -0.3 is 10.1 Å². The molecule has 0 saturated carbocycles. The quantitative estimate of drug-likeness (QED) is 0.527. The van der Waals surface area contributed by atoms with Crippen LogP contribution < -0.4 is 5.32 Å². The fraction of sp³-hybridized carbons (Fsp3) is 0.167. The number of hydrogen-bond donors (Lipinski definition) is 1. The molecule has 0 atom stereocenters. The molecule has 0 aliphatic carbocycles. The van der Waals surface area contributed by atoms with E-state index in [4.69, 9.17) is 11.6 Å². The second-order valence-electron chi connectivity index (χ2n) is 3.32. The zero-order valence-electron chi connectivity index (χ0n) is 9.88. The Hall–Kier alpha value is -1.95. The van der Waals surface area contributed by atoms with Crippen LogP contribution >= 0.6 is 11.6 Å². The minimum atomic E-state index is -0.972. The number of carbonyl (C=O) groups is 2. The Kier molecular flexibility index (Phi) is 5.44. The lowest BCUT2D eigenvalue weighted by Gasteiger charge is -2.05. The molecule has 0 saturated heterocycles.